The first-order valence-electron chi connectivity index (χ1n) is 2.79. The zero-order chi connectivity index (χ0) is 8.91. The van der Waals surface area contributed by atoms with Gasteiger partial charge in [-0.1, -0.05) is 0 Å². The van der Waals surface area contributed by atoms with Crippen molar-refractivity contribution < 1.29 is 17.2 Å². The molecule has 0 unspecified atom stereocenters. The summed E-state index contributed by atoms with van der Waals surface area (Å²) < 4.78 is 45.8. The molecule has 0 heterocycles. The molecule has 0 aliphatic heterocycles. The zero-order valence-electron chi connectivity index (χ0n) is 5.56. The van der Waals surface area contributed by atoms with Crippen LogP contribution in [0.15, 0.2) is 0 Å². The van der Waals surface area contributed by atoms with Gasteiger partial charge in [-0.25, -0.2) is 21.9 Å². The van der Waals surface area contributed by atoms with E-state index in [2.05, 4.69) is 0 Å². The molecule has 0 radical (unpaired) electrons. The van der Waals surface area contributed by atoms with Gasteiger partial charge >= 0.3 is 0 Å². The Bertz CT molecular complexity index is 194. The van der Waals surface area contributed by atoms with Crippen molar-refractivity contribution in [3.63, 3.8) is 0 Å². The summed E-state index contributed by atoms with van der Waals surface area (Å²) in [6.45, 7) is -0.848. The Labute approximate surface area is 68.8 Å². The maximum absolute atomic E-state index is 11.4. The van der Waals surface area contributed by atoms with Gasteiger partial charge in [-0.15, -0.1) is 11.6 Å². The van der Waals surface area contributed by atoms with Crippen molar-refractivity contribution in [3.8, 4) is 0 Å². The van der Waals surface area contributed by atoms with Crippen LogP contribution in [0.1, 0.15) is 0 Å². The summed E-state index contributed by atoms with van der Waals surface area (Å²) in [4.78, 5) is 0. The normalized spacial score (nSPS) is 12.4. The standard InChI is InChI=1S/C4H8ClF2NO2S/c5-1-2-11(9,10)8-3-4(6)7/h4,8H,1-3H2. The molecule has 3 nitrogen and oxygen atoms in total. The Morgan fingerprint density at radius 3 is 2.36 bits per heavy atom. The molecule has 0 atom stereocenters. The van der Waals surface area contributed by atoms with E-state index in [0.717, 1.165) is 0 Å². The summed E-state index contributed by atoms with van der Waals surface area (Å²) in [5.74, 6) is -0.431. The molecule has 68 valence electrons. The maximum Gasteiger partial charge on any atom is 0.251 e. The van der Waals surface area contributed by atoms with Gasteiger partial charge in [-0.3, -0.25) is 0 Å². The third-order valence-electron chi connectivity index (χ3n) is 0.803. The van der Waals surface area contributed by atoms with Crippen LogP contribution in [0.2, 0.25) is 0 Å². The molecule has 0 fully saturated rings. The molecule has 7 heteroatoms. The van der Waals surface area contributed by atoms with Crippen LogP contribution in [0, 0.1) is 0 Å². The highest BCUT2D eigenvalue weighted by molar-refractivity contribution is 7.89. The van der Waals surface area contributed by atoms with Crippen LogP contribution in [0.5, 0.6) is 0 Å². The lowest BCUT2D eigenvalue weighted by Crippen LogP contribution is -2.31. The summed E-state index contributed by atoms with van der Waals surface area (Å²) in [6, 6.07) is 0. The van der Waals surface area contributed by atoms with E-state index >= 15 is 0 Å². The fourth-order valence-electron chi connectivity index (χ4n) is 0.364. The van der Waals surface area contributed by atoms with Crippen LogP contribution >= 0.6 is 11.6 Å². The molecule has 0 amide bonds. The fraction of sp³-hybridized carbons (Fsp3) is 1.00. The van der Waals surface area contributed by atoms with Crippen molar-refractivity contribution in [2.24, 2.45) is 0 Å². The first kappa shape index (κ1) is 11.1. The summed E-state index contributed by atoms with van der Waals surface area (Å²) in [7, 11) is -3.59. The van der Waals surface area contributed by atoms with E-state index in [-0.39, 0.29) is 11.6 Å². The minimum absolute atomic E-state index is 0.0986. The highest BCUT2D eigenvalue weighted by Crippen LogP contribution is 1.92. The number of alkyl halides is 3. The number of hydrogen-bond acceptors (Lipinski definition) is 2. The third kappa shape index (κ3) is 6.46. The van der Waals surface area contributed by atoms with Gasteiger partial charge in [0.25, 0.3) is 6.43 Å². The Kier molecular flexibility index (Phi) is 4.87. The number of hydrogen-bond donors (Lipinski definition) is 1. The topological polar surface area (TPSA) is 46.2 Å². The van der Waals surface area contributed by atoms with Crippen molar-refractivity contribution in [1.29, 1.82) is 0 Å². The van der Waals surface area contributed by atoms with E-state index in [0.29, 0.717) is 0 Å². The summed E-state index contributed by atoms with van der Waals surface area (Å²) in [5, 5.41) is 0. The van der Waals surface area contributed by atoms with Crippen LogP contribution < -0.4 is 4.72 Å². The maximum atomic E-state index is 11.4. The zero-order valence-corrected chi connectivity index (χ0v) is 7.13. The number of halogens is 3. The van der Waals surface area contributed by atoms with Crippen LogP contribution in [-0.2, 0) is 10.0 Å². The van der Waals surface area contributed by atoms with E-state index in [1.54, 1.807) is 4.72 Å². The van der Waals surface area contributed by atoms with Crippen molar-refractivity contribution in [2.75, 3.05) is 18.2 Å². The average Bonchev–Trinajstić information content (AvgIpc) is 1.84. The monoisotopic (exact) mass is 207 g/mol. The first-order chi connectivity index (χ1) is 4.98. The van der Waals surface area contributed by atoms with Gasteiger partial charge in [0.2, 0.25) is 10.0 Å². The number of nitrogens with one attached hydrogen (secondary N) is 1. The van der Waals surface area contributed by atoms with Crippen LogP contribution in [0.3, 0.4) is 0 Å². The minimum Gasteiger partial charge on any atom is -0.212 e. The van der Waals surface area contributed by atoms with Gasteiger partial charge in [0.05, 0.1) is 12.3 Å². The smallest absolute Gasteiger partial charge is 0.212 e. The molecule has 1 N–H and O–H groups in total. The molecule has 0 aromatic heterocycles. The lowest BCUT2D eigenvalue weighted by molar-refractivity contribution is 0.153. The van der Waals surface area contributed by atoms with Gasteiger partial charge in [0.1, 0.15) is 0 Å². The van der Waals surface area contributed by atoms with Gasteiger partial charge in [0.15, 0.2) is 0 Å². The second-order valence-electron chi connectivity index (χ2n) is 1.75. The fourth-order valence-corrected chi connectivity index (χ4v) is 1.70. The molecule has 0 saturated heterocycles. The van der Waals surface area contributed by atoms with E-state index in [1.807, 2.05) is 0 Å². The van der Waals surface area contributed by atoms with Crippen molar-refractivity contribution in [2.45, 2.75) is 6.43 Å². The van der Waals surface area contributed by atoms with Crippen LogP contribution in [0.4, 0.5) is 8.78 Å². The molecule has 0 spiro atoms. The Morgan fingerprint density at radius 2 is 2.00 bits per heavy atom. The van der Waals surface area contributed by atoms with Crippen LogP contribution in [0.25, 0.3) is 0 Å². The largest absolute Gasteiger partial charge is 0.251 e. The first-order valence-corrected chi connectivity index (χ1v) is 4.98. The van der Waals surface area contributed by atoms with Crippen molar-refractivity contribution in [3.05, 3.63) is 0 Å². The van der Waals surface area contributed by atoms with Gasteiger partial charge in [0, 0.05) is 5.88 Å². The average molecular weight is 208 g/mol. The minimum atomic E-state index is -3.59. The number of sulfonamides is 1. The lowest BCUT2D eigenvalue weighted by Gasteiger charge is -2.02. The molecular weight excluding hydrogens is 200 g/mol. The molecule has 0 aliphatic rings. The van der Waals surface area contributed by atoms with Gasteiger partial charge in [-0.05, 0) is 0 Å². The highest BCUT2D eigenvalue weighted by Gasteiger charge is 2.11. The summed E-state index contributed by atoms with van der Waals surface area (Å²) in [5.41, 5.74) is 0. The Morgan fingerprint density at radius 1 is 1.45 bits per heavy atom. The van der Waals surface area contributed by atoms with E-state index < -0.39 is 23.0 Å². The Hall–Kier alpha value is 0.0600. The lowest BCUT2D eigenvalue weighted by atomic mass is 10.7. The third-order valence-corrected chi connectivity index (χ3v) is 2.56. The van der Waals surface area contributed by atoms with Crippen LogP contribution in [-0.4, -0.2) is 33.0 Å². The SMILES string of the molecule is O=S(=O)(CCCl)NCC(F)F. The molecule has 0 aliphatic carbocycles. The second kappa shape index (κ2) is 4.84. The Balaban J connectivity index is 3.74. The molecule has 11 heavy (non-hydrogen) atoms. The molecule has 0 aromatic rings. The molecular formula is C4H8ClF2NO2S. The summed E-state index contributed by atoms with van der Waals surface area (Å²) >= 11 is 5.09. The predicted molar refractivity (Wildman–Crippen MR) is 38.5 cm³/mol. The molecule has 0 rings (SSSR count). The van der Waals surface area contributed by atoms with Gasteiger partial charge < -0.3 is 0 Å². The molecule has 0 bridgehead atoms. The highest BCUT2D eigenvalue weighted by atomic mass is 35.5. The van der Waals surface area contributed by atoms with Gasteiger partial charge in [-0.2, -0.15) is 0 Å². The van der Waals surface area contributed by atoms with E-state index in [9.17, 15) is 17.2 Å². The van der Waals surface area contributed by atoms with Crippen molar-refractivity contribution in [1.82, 2.24) is 4.72 Å². The second-order valence-corrected chi connectivity index (χ2v) is 4.05. The van der Waals surface area contributed by atoms with E-state index in [1.165, 1.54) is 0 Å². The molecule has 0 saturated carbocycles. The predicted octanol–water partition coefficient (Wildman–Crippen LogP) is 0.410. The molecule has 0 aromatic carbocycles. The van der Waals surface area contributed by atoms with E-state index in [4.69, 9.17) is 11.6 Å². The quantitative estimate of drug-likeness (QED) is 0.664. The number of rotatable bonds is 5. The summed E-state index contributed by atoms with van der Waals surface area (Å²) in [6.07, 6.45) is -2.67. The van der Waals surface area contributed by atoms with Crippen molar-refractivity contribution >= 4 is 21.6 Å².